The van der Waals surface area contributed by atoms with Crippen LogP contribution in [0.3, 0.4) is 0 Å². The number of ether oxygens (including phenoxy) is 7. The summed E-state index contributed by atoms with van der Waals surface area (Å²) in [7, 11) is -4.61. The van der Waals surface area contributed by atoms with Gasteiger partial charge >= 0.3 is 23.9 Å². The van der Waals surface area contributed by atoms with E-state index in [4.69, 9.17) is 42.0 Å². The number of carbonyl (C=O) groups excluding carboxylic acids is 4. The Balaban J connectivity index is 2.60. The van der Waals surface area contributed by atoms with Crippen LogP contribution in [-0.4, -0.2) is 103 Å². The van der Waals surface area contributed by atoms with E-state index < -0.39 is 89.5 Å². The normalized spacial score (nSPS) is 28.6. The second-order valence-corrected chi connectivity index (χ2v) is 24.7. The van der Waals surface area contributed by atoms with Crippen LogP contribution in [-0.2, 0) is 61.2 Å². The third-order valence-corrected chi connectivity index (χ3v) is 18.1. The van der Waals surface area contributed by atoms with Gasteiger partial charge in [-0.15, -0.1) is 0 Å². The molecule has 47 heavy (non-hydrogen) atoms. The highest BCUT2D eigenvalue weighted by molar-refractivity contribution is 6.74. The van der Waals surface area contributed by atoms with Crippen molar-refractivity contribution in [2.75, 3.05) is 13.2 Å². The molecule has 2 aliphatic rings. The van der Waals surface area contributed by atoms with Crippen molar-refractivity contribution >= 4 is 40.5 Å². The second kappa shape index (κ2) is 15.9. The third kappa shape index (κ3) is 11.4. The molecule has 2 rings (SSSR count). The van der Waals surface area contributed by atoms with Crippen molar-refractivity contribution in [1.82, 2.24) is 0 Å². The first-order valence-electron chi connectivity index (χ1n) is 16.0. The molecule has 0 aliphatic carbocycles. The van der Waals surface area contributed by atoms with Crippen LogP contribution >= 0.6 is 0 Å². The molecule has 13 nitrogen and oxygen atoms in total. The molecule has 0 radical (unpaired) electrons. The van der Waals surface area contributed by atoms with Gasteiger partial charge < -0.3 is 42.0 Å². The zero-order valence-electron chi connectivity index (χ0n) is 30.5. The molecule has 0 saturated carbocycles. The van der Waals surface area contributed by atoms with Crippen molar-refractivity contribution in [2.45, 2.75) is 155 Å². The van der Waals surface area contributed by atoms with Gasteiger partial charge in [-0.1, -0.05) is 41.5 Å². The quantitative estimate of drug-likeness (QED) is 0.156. The predicted octanol–water partition coefficient (Wildman–Crippen LogP) is 4.78. The van der Waals surface area contributed by atoms with Gasteiger partial charge in [-0.3, -0.25) is 19.2 Å². The molecular formula is C32H56O13Si2. The van der Waals surface area contributed by atoms with Gasteiger partial charge in [0, 0.05) is 27.7 Å². The van der Waals surface area contributed by atoms with E-state index in [0.717, 1.165) is 0 Å². The Bertz CT molecular complexity index is 1140. The van der Waals surface area contributed by atoms with Crippen LogP contribution in [0.4, 0.5) is 0 Å². The summed E-state index contributed by atoms with van der Waals surface area (Å²) in [6.45, 7) is 25.7. The zero-order chi connectivity index (χ0) is 36.1. The van der Waals surface area contributed by atoms with E-state index in [9.17, 15) is 19.2 Å². The Morgan fingerprint density at radius 3 is 1.49 bits per heavy atom. The Morgan fingerprint density at radius 1 is 0.617 bits per heavy atom. The largest absolute Gasteiger partial charge is 0.493 e. The average molecular weight is 705 g/mol. The van der Waals surface area contributed by atoms with Crippen LogP contribution in [0, 0.1) is 0 Å². The highest BCUT2D eigenvalue weighted by Gasteiger charge is 2.55. The molecule has 2 aliphatic heterocycles. The predicted molar refractivity (Wildman–Crippen MR) is 176 cm³/mol. The van der Waals surface area contributed by atoms with Crippen molar-refractivity contribution in [3.63, 3.8) is 0 Å². The Morgan fingerprint density at radius 2 is 1.04 bits per heavy atom. The fourth-order valence-electron chi connectivity index (χ4n) is 4.49. The highest BCUT2D eigenvalue weighted by Crippen LogP contribution is 2.39. The second-order valence-electron chi connectivity index (χ2n) is 15.1. The van der Waals surface area contributed by atoms with E-state index in [2.05, 4.69) is 67.7 Å². The lowest BCUT2D eigenvalue weighted by Crippen LogP contribution is -2.65. The number of esters is 4. The maximum Gasteiger partial charge on any atom is 0.303 e. The molecule has 0 amide bonds. The van der Waals surface area contributed by atoms with Crippen LogP contribution < -0.4 is 0 Å². The van der Waals surface area contributed by atoms with E-state index in [0.29, 0.717) is 0 Å². The van der Waals surface area contributed by atoms with Crippen LogP contribution in [0.2, 0.25) is 36.3 Å². The SMILES string of the molecule is CC(=O)OC1C=COC(CO[Si](C)(C)C(C)(C)C)C1OC1OC(CO[Si](C)(C)C(C)(C)C)C(OC(C)=O)C(OC(C)=O)C1OC(C)=O. The van der Waals surface area contributed by atoms with Crippen molar-refractivity contribution in [3.8, 4) is 0 Å². The van der Waals surface area contributed by atoms with Gasteiger partial charge in [0.25, 0.3) is 0 Å². The monoisotopic (exact) mass is 704 g/mol. The lowest BCUT2D eigenvalue weighted by atomic mass is 9.97. The molecule has 1 saturated heterocycles. The molecule has 8 unspecified atom stereocenters. The first kappa shape index (κ1) is 40.9. The van der Waals surface area contributed by atoms with Gasteiger partial charge in [-0.2, -0.15) is 0 Å². The van der Waals surface area contributed by atoms with Crippen LogP contribution in [0.25, 0.3) is 0 Å². The Kier molecular flexibility index (Phi) is 13.9. The molecular weight excluding hydrogens is 649 g/mol. The molecule has 0 bridgehead atoms. The molecule has 0 aromatic carbocycles. The molecule has 0 spiro atoms. The van der Waals surface area contributed by atoms with Crippen molar-refractivity contribution in [3.05, 3.63) is 12.3 Å². The number of rotatable bonds is 12. The number of hydrogen-bond donors (Lipinski definition) is 0. The molecule has 8 atom stereocenters. The summed E-state index contributed by atoms with van der Waals surface area (Å²) >= 11 is 0. The Labute approximate surface area is 281 Å². The van der Waals surface area contributed by atoms with Gasteiger partial charge in [-0.25, -0.2) is 0 Å². The lowest BCUT2D eigenvalue weighted by molar-refractivity contribution is -0.327. The van der Waals surface area contributed by atoms with Gasteiger partial charge in [-0.05, 0) is 42.3 Å². The van der Waals surface area contributed by atoms with E-state index >= 15 is 0 Å². The first-order chi connectivity index (χ1) is 21.4. The molecule has 15 heteroatoms. The minimum atomic E-state index is -2.36. The summed E-state index contributed by atoms with van der Waals surface area (Å²) in [5, 5.41) is -0.263. The number of carbonyl (C=O) groups is 4. The highest BCUT2D eigenvalue weighted by atomic mass is 28.4. The van der Waals surface area contributed by atoms with Crippen molar-refractivity contribution < 1.29 is 61.2 Å². The molecule has 2 heterocycles. The molecule has 0 aromatic rings. The summed E-state index contributed by atoms with van der Waals surface area (Å²) in [4.78, 5) is 49.3. The standard InChI is InChI=1S/C32H56O13Si2/c1-19(33)40-23-15-16-37-24(17-38-46(11,12)31(5,6)7)26(23)45-30-29(43-22(4)36)28(42-21(3)35)27(41-20(2)34)25(44-30)18-39-47(13,14)32(8,9)10/h15-16,23-30H,17-18H2,1-14H3. The molecule has 0 aromatic heterocycles. The Hall–Kier alpha value is -2.31. The van der Waals surface area contributed by atoms with E-state index in [1.54, 1.807) is 0 Å². The summed E-state index contributed by atoms with van der Waals surface area (Å²) < 4.78 is 54.4. The molecule has 1 fully saturated rings. The van der Waals surface area contributed by atoms with E-state index in [-0.39, 0.29) is 23.3 Å². The van der Waals surface area contributed by atoms with E-state index in [1.807, 2.05) is 0 Å². The maximum atomic E-state index is 12.4. The summed E-state index contributed by atoms with van der Waals surface area (Å²) in [5.41, 5.74) is 0. The third-order valence-electron chi connectivity index (χ3n) is 9.13. The topological polar surface area (TPSA) is 151 Å². The smallest absolute Gasteiger partial charge is 0.303 e. The van der Waals surface area contributed by atoms with Crippen molar-refractivity contribution in [2.24, 2.45) is 0 Å². The fourth-order valence-corrected chi connectivity index (χ4v) is 6.51. The van der Waals surface area contributed by atoms with Crippen molar-refractivity contribution in [1.29, 1.82) is 0 Å². The van der Waals surface area contributed by atoms with Crippen LogP contribution in [0.5, 0.6) is 0 Å². The average Bonchev–Trinajstić information content (AvgIpc) is 2.88. The maximum absolute atomic E-state index is 12.4. The molecule has 0 N–H and O–H groups in total. The summed E-state index contributed by atoms with van der Waals surface area (Å²) in [6, 6.07) is 0. The summed E-state index contributed by atoms with van der Waals surface area (Å²) in [6.07, 6.45) is -6.13. The zero-order valence-corrected chi connectivity index (χ0v) is 32.5. The van der Waals surface area contributed by atoms with Crippen LogP contribution in [0.1, 0.15) is 69.2 Å². The molecule has 270 valence electrons. The van der Waals surface area contributed by atoms with Crippen LogP contribution in [0.15, 0.2) is 12.3 Å². The minimum absolute atomic E-state index is 0.0504. The first-order valence-corrected chi connectivity index (χ1v) is 21.8. The number of hydrogen-bond acceptors (Lipinski definition) is 13. The minimum Gasteiger partial charge on any atom is -0.493 e. The van der Waals surface area contributed by atoms with Gasteiger partial charge in [0.1, 0.15) is 18.3 Å². The van der Waals surface area contributed by atoms with Gasteiger partial charge in [0.2, 0.25) is 0 Å². The van der Waals surface area contributed by atoms with Gasteiger partial charge in [0.05, 0.1) is 19.5 Å². The van der Waals surface area contributed by atoms with Gasteiger partial charge in [0.15, 0.2) is 47.3 Å². The summed E-state index contributed by atoms with van der Waals surface area (Å²) in [5.74, 6) is -2.67. The lowest BCUT2D eigenvalue weighted by Gasteiger charge is -2.47. The van der Waals surface area contributed by atoms with E-state index in [1.165, 1.54) is 40.0 Å². The fraction of sp³-hybridized carbons (Fsp3) is 0.812.